The second kappa shape index (κ2) is 11.7. The van der Waals surface area contributed by atoms with Crippen LogP contribution < -0.4 is 10.6 Å². The van der Waals surface area contributed by atoms with Crippen LogP contribution in [0.3, 0.4) is 0 Å². The molecule has 32 heavy (non-hydrogen) atoms. The van der Waals surface area contributed by atoms with Gasteiger partial charge < -0.3 is 15.4 Å². The molecule has 2 aromatic carbocycles. The van der Waals surface area contributed by atoms with Crippen molar-refractivity contribution in [2.75, 3.05) is 6.54 Å². The maximum Gasteiger partial charge on any atom is 0.408 e. The van der Waals surface area contributed by atoms with Crippen LogP contribution in [0.4, 0.5) is 4.79 Å². The summed E-state index contributed by atoms with van der Waals surface area (Å²) in [6.45, 7) is 4.57. The lowest BCUT2D eigenvalue weighted by atomic mass is 9.98. The van der Waals surface area contributed by atoms with Crippen LogP contribution in [0.15, 0.2) is 73.1 Å². The number of nitrogens with zero attached hydrogens (tertiary/aromatic N) is 2. The van der Waals surface area contributed by atoms with E-state index in [1.54, 1.807) is 10.9 Å². The standard InChI is InChI=1S/C25H30N4O3/c1-3-19(2)23(28-25(31)32-18-21-8-5-4-6-9-21)24(30)26-16-14-20-10-12-22(13-11-20)29-17-7-15-27-29/h4-13,15,17,19,23H,3,14,16,18H2,1-2H3,(H,26,30)(H,28,31)/t19-,23-/m0/s1. The third-order valence-electron chi connectivity index (χ3n) is 5.40. The number of nitrogens with one attached hydrogen (secondary N) is 2. The Kier molecular flexibility index (Phi) is 8.43. The fraction of sp³-hybridized carbons (Fsp3) is 0.320. The van der Waals surface area contributed by atoms with Crippen molar-refractivity contribution < 1.29 is 14.3 Å². The second-order valence-corrected chi connectivity index (χ2v) is 7.73. The third kappa shape index (κ3) is 6.70. The van der Waals surface area contributed by atoms with Gasteiger partial charge in [-0.05, 0) is 41.7 Å². The molecule has 0 unspecified atom stereocenters. The normalized spacial score (nSPS) is 12.6. The summed E-state index contributed by atoms with van der Waals surface area (Å²) >= 11 is 0. The molecule has 7 nitrogen and oxygen atoms in total. The zero-order chi connectivity index (χ0) is 22.8. The highest BCUT2D eigenvalue weighted by molar-refractivity contribution is 5.85. The molecule has 168 valence electrons. The maximum atomic E-state index is 12.8. The summed E-state index contributed by atoms with van der Waals surface area (Å²) in [4.78, 5) is 25.0. The molecule has 7 heteroatoms. The number of ether oxygens (including phenoxy) is 1. The van der Waals surface area contributed by atoms with Crippen LogP contribution >= 0.6 is 0 Å². The van der Waals surface area contributed by atoms with Crippen LogP contribution in [-0.2, 0) is 22.6 Å². The molecule has 0 aliphatic heterocycles. The Morgan fingerprint density at radius 3 is 2.44 bits per heavy atom. The average Bonchev–Trinajstić information content (AvgIpc) is 3.37. The minimum Gasteiger partial charge on any atom is -0.445 e. The molecule has 3 aromatic rings. The van der Waals surface area contributed by atoms with E-state index in [0.717, 1.165) is 23.2 Å². The van der Waals surface area contributed by atoms with Crippen molar-refractivity contribution in [1.82, 2.24) is 20.4 Å². The van der Waals surface area contributed by atoms with Gasteiger partial charge in [-0.15, -0.1) is 0 Å². The summed E-state index contributed by atoms with van der Waals surface area (Å²) in [5.74, 6) is -0.225. The predicted molar refractivity (Wildman–Crippen MR) is 123 cm³/mol. The molecule has 0 spiro atoms. The van der Waals surface area contributed by atoms with Crippen LogP contribution in [0.2, 0.25) is 0 Å². The quantitative estimate of drug-likeness (QED) is 0.507. The number of amides is 2. The SMILES string of the molecule is CC[C@H](C)[C@H](NC(=O)OCc1ccccc1)C(=O)NCCc1ccc(-n2cccn2)cc1. The molecular formula is C25H30N4O3. The molecule has 0 saturated carbocycles. The van der Waals surface area contributed by atoms with Crippen molar-refractivity contribution in [3.8, 4) is 5.69 Å². The van der Waals surface area contributed by atoms with Crippen LogP contribution in [0.25, 0.3) is 5.69 Å². The highest BCUT2D eigenvalue weighted by Crippen LogP contribution is 2.11. The zero-order valence-corrected chi connectivity index (χ0v) is 18.5. The van der Waals surface area contributed by atoms with E-state index in [1.807, 2.05) is 80.7 Å². The molecule has 1 aromatic heterocycles. The van der Waals surface area contributed by atoms with E-state index in [2.05, 4.69) is 15.7 Å². The Bertz CT molecular complexity index is 972. The number of rotatable bonds is 10. The molecule has 0 aliphatic rings. The monoisotopic (exact) mass is 434 g/mol. The van der Waals surface area contributed by atoms with Crippen molar-refractivity contribution in [1.29, 1.82) is 0 Å². The molecule has 0 fully saturated rings. The molecule has 0 aliphatic carbocycles. The maximum absolute atomic E-state index is 12.8. The van der Waals surface area contributed by atoms with E-state index in [4.69, 9.17) is 4.74 Å². The number of alkyl carbamates (subject to hydrolysis) is 1. The lowest BCUT2D eigenvalue weighted by molar-refractivity contribution is -0.124. The van der Waals surface area contributed by atoms with Gasteiger partial charge in [0.2, 0.25) is 5.91 Å². The van der Waals surface area contributed by atoms with Crippen molar-refractivity contribution in [3.05, 3.63) is 84.2 Å². The van der Waals surface area contributed by atoms with Crippen molar-refractivity contribution in [2.24, 2.45) is 5.92 Å². The van der Waals surface area contributed by atoms with Gasteiger partial charge in [0.1, 0.15) is 12.6 Å². The average molecular weight is 435 g/mol. The first-order chi connectivity index (χ1) is 15.6. The molecule has 2 amide bonds. The van der Waals surface area contributed by atoms with Gasteiger partial charge in [-0.3, -0.25) is 4.79 Å². The summed E-state index contributed by atoms with van der Waals surface area (Å²) in [5.41, 5.74) is 2.99. The van der Waals surface area contributed by atoms with Crippen molar-refractivity contribution in [2.45, 2.75) is 39.3 Å². The van der Waals surface area contributed by atoms with E-state index >= 15 is 0 Å². The highest BCUT2D eigenvalue weighted by Gasteiger charge is 2.26. The van der Waals surface area contributed by atoms with E-state index in [1.165, 1.54) is 0 Å². The fourth-order valence-electron chi connectivity index (χ4n) is 3.27. The minimum absolute atomic E-state index is 0.0207. The van der Waals surface area contributed by atoms with E-state index in [0.29, 0.717) is 13.0 Å². The van der Waals surface area contributed by atoms with Gasteiger partial charge in [0.25, 0.3) is 0 Å². The van der Waals surface area contributed by atoms with Crippen molar-refractivity contribution in [3.63, 3.8) is 0 Å². The Balaban J connectivity index is 1.48. The minimum atomic E-state index is -0.648. The third-order valence-corrected chi connectivity index (χ3v) is 5.40. The fourth-order valence-corrected chi connectivity index (χ4v) is 3.27. The molecule has 2 N–H and O–H groups in total. The number of carbonyl (C=O) groups is 2. The second-order valence-electron chi connectivity index (χ2n) is 7.73. The molecule has 2 atom stereocenters. The van der Waals surface area contributed by atoms with E-state index < -0.39 is 12.1 Å². The number of benzene rings is 2. The molecule has 0 saturated heterocycles. The largest absolute Gasteiger partial charge is 0.445 e. The first-order valence-corrected chi connectivity index (χ1v) is 10.9. The van der Waals surface area contributed by atoms with Gasteiger partial charge in [0, 0.05) is 18.9 Å². The summed E-state index contributed by atoms with van der Waals surface area (Å²) in [5, 5.41) is 9.88. The number of hydrogen-bond acceptors (Lipinski definition) is 4. The molecule has 1 heterocycles. The Labute approximate surface area is 188 Å². The molecule has 0 bridgehead atoms. The number of carbonyl (C=O) groups excluding carboxylic acids is 2. The first kappa shape index (κ1) is 23.1. The van der Waals surface area contributed by atoms with E-state index in [-0.39, 0.29) is 18.4 Å². The van der Waals surface area contributed by atoms with Crippen LogP contribution in [0.5, 0.6) is 0 Å². The van der Waals surface area contributed by atoms with Gasteiger partial charge in [0.05, 0.1) is 5.69 Å². The first-order valence-electron chi connectivity index (χ1n) is 10.9. The lowest BCUT2D eigenvalue weighted by Gasteiger charge is -2.23. The summed E-state index contributed by atoms with van der Waals surface area (Å²) in [6, 6.07) is 18.7. The Morgan fingerprint density at radius 1 is 1.03 bits per heavy atom. The zero-order valence-electron chi connectivity index (χ0n) is 18.5. The smallest absolute Gasteiger partial charge is 0.408 e. The van der Waals surface area contributed by atoms with Crippen molar-refractivity contribution >= 4 is 12.0 Å². The van der Waals surface area contributed by atoms with Gasteiger partial charge in [-0.1, -0.05) is 62.7 Å². The van der Waals surface area contributed by atoms with Gasteiger partial charge in [0.15, 0.2) is 0 Å². The van der Waals surface area contributed by atoms with Gasteiger partial charge >= 0.3 is 6.09 Å². The van der Waals surface area contributed by atoms with Gasteiger partial charge in [-0.2, -0.15) is 5.10 Å². The molecule has 3 rings (SSSR count). The van der Waals surface area contributed by atoms with Crippen LogP contribution in [0, 0.1) is 5.92 Å². The Morgan fingerprint density at radius 2 is 1.78 bits per heavy atom. The Hall–Kier alpha value is -3.61. The highest BCUT2D eigenvalue weighted by atomic mass is 16.5. The van der Waals surface area contributed by atoms with E-state index in [9.17, 15) is 9.59 Å². The van der Waals surface area contributed by atoms with Crippen LogP contribution in [0.1, 0.15) is 31.4 Å². The molecular weight excluding hydrogens is 404 g/mol. The lowest BCUT2D eigenvalue weighted by Crippen LogP contribution is -2.50. The summed E-state index contributed by atoms with van der Waals surface area (Å²) < 4.78 is 7.08. The predicted octanol–water partition coefficient (Wildman–Crippen LogP) is 3.87. The van der Waals surface area contributed by atoms with Gasteiger partial charge in [-0.25, -0.2) is 9.48 Å². The van der Waals surface area contributed by atoms with Crippen LogP contribution in [-0.4, -0.2) is 34.4 Å². The molecule has 0 radical (unpaired) electrons. The topological polar surface area (TPSA) is 85.2 Å². The summed E-state index contributed by atoms with van der Waals surface area (Å²) in [6.07, 6.45) is 4.48. The summed E-state index contributed by atoms with van der Waals surface area (Å²) in [7, 11) is 0. The number of aromatic nitrogens is 2. The number of hydrogen-bond donors (Lipinski definition) is 2.